The minimum Gasteiger partial charge on any atom is -0.493 e. The van der Waals surface area contributed by atoms with E-state index in [2.05, 4.69) is 0 Å². The highest BCUT2D eigenvalue weighted by Crippen LogP contribution is 2.26. The third-order valence-electron chi connectivity index (χ3n) is 4.22. The molecule has 2 aliphatic rings. The summed E-state index contributed by atoms with van der Waals surface area (Å²) in [5.41, 5.74) is 1.72. The summed E-state index contributed by atoms with van der Waals surface area (Å²) < 4.78 is 30.6. The Labute approximate surface area is 130 Å². The molecule has 7 heteroatoms. The Morgan fingerprint density at radius 1 is 1.23 bits per heavy atom. The van der Waals surface area contributed by atoms with E-state index in [0.29, 0.717) is 38.3 Å². The standard InChI is InChI=1S/C15H20N2O4S/c1-2-22(19,20)17-8-6-16(7-9-17)15(18)13-3-4-14-12(11-13)5-10-21-14/h3-4,11H,2,5-10H2,1H3. The van der Waals surface area contributed by atoms with Gasteiger partial charge in [-0.1, -0.05) is 0 Å². The molecule has 0 saturated carbocycles. The molecule has 22 heavy (non-hydrogen) atoms. The monoisotopic (exact) mass is 324 g/mol. The van der Waals surface area contributed by atoms with Crippen LogP contribution in [0, 0.1) is 0 Å². The molecule has 120 valence electrons. The van der Waals surface area contributed by atoms with Crippen molar-refractivity contribution in [3.8, 4) is 5.75 Å². The fraction of sp³-hybridized carbons (Fsp3) is 0.533. The van der Waals surface area contributed by atoms with E-state index in [0.717, 1.165) is 17.7 Å². The summed E-state index contributed by atoms with van der Waals surface area (Å²) in [5.74, 6) is 0.921. The van der Waals surface area contributed by atoms with Crippen molar-refractivity contribution in [2.45, 2.75) is 13.3 Å². The molecule has 2 heterocycles. The molecule has 3 rings (SSSR count). The number of rotatable bonds is 3. The number of sulfonamides is 1. The molecule has 1 amide bonds. The number of amides is 1. The maximum atomic E-state index is 12.5. The zero-order valence-corrected chi connectivity index (χ0v) is 13.4. The summed E-state index contributed by atoms with van der Waals surface area (Å²) in [7, 11) is -3.16. The SMILES string of the molecule is CCS(=O)(=O)N1CCN(C(=O)c2ccc3c(c2)CCO3)CC1. The molecule has 6 nitrogen and oxygen atoms in total. The highest BCUT2D eigenvalue weighted by Gasteiger charge is 2.28. The Bertz CT molecular complexity index is 679. The van der Waals surface area contributed by atoms with Gasteiger partial charge in [0.25, 0.3) is 5.91 Å². The highest BCUT2D eigenvalue weighted by molar-refractivity contribution is 7.89. The van der Waals surface area contributed by atoms with Gasteiger partial charge in [0.05, 0.1) is 12.4 Å². The normalized spacial score (nSPS) is 18.9. The van der Waals surface area contributed by atoms with Crippen molar-refractivity contribution in [3.63, 3.8) is 0 Å². The molecule has 1 fully saturated rings. The summed E-state index contributed by atoms with van der Waals surface area (Å²) in [4.78, 5) is 14.3. The molecule has 2 aliphatic heterocycles. The zero-order chi connectivity index (χ0) is 15.7. The molecular weight excluding hydrogens is 304 g/mol. The zero-order valence-electron chi connectivity index (χ0n) is 12.6. The molecule has 0 atom stereocenters. The van der Waals surface area contributed by atoms with Gasteiger partial charge in [0.1, 0.15) is 5.75 Å². The molecule has 0 aromatic heterocycles. The molecule has 1 saturated heterocycles. The Morgan fingerprint density at radius 3 is 2.64 bits per heavy atom. The summed E-state index contributed by atoms with van der Waals surface area (Å²) >= 11 is 0. The molecule has 1 aromatic carbocycles. The summed E-state index contributed by atoms with van der Waals surface area (Å²) in [5, 5.41) is 0. The van der Waals surface area contributed by atoms with E-state index >= 15 is 0 Å². The van der Waals surface area contributed by atoms with Crippen LogP contribution in [0.15, 0.2) is 18.2 Å². The maximum Gasteiger partial charge on any atom is 0.253 e. The average Bonchev–Trinajstić information content (AvgIpc) is 3.02. The van der Waals surface area contributed by atoms with Crippen molar-refractivity contribution in [2.24, 2.45) is 0 Å². The van der Waals surface area contributed by atoms with Gasteiger partial charge in [0.2, 0.25) is 10.0 Å². The van der Waals surface area contributed by atoms with Crippen LogP contribution in [0.4, 0.5) is 0 Å². The second-order valence-corrected chi connectivity index (χ2v) is 7.77. The molecule has 0 unspecified atom stereocenters. The van der Waals surface area contributed by atoms with Crippen LogP contribution >= 0.6 is 0 Å². The second-order valence-electron chi connectivity index (χ2n) is 5.51. The number of fused-ring (bicyclic) bond motifs is 1. The lowest BCUT2D eigenvalue weighted by Crippen LogP contribution is -2.50. The third-order valence-corrected chi connectivity index (χ3v) is 6.10. The minimum absolute atomic E-state index is 0.0387. The fourth-order valence-electron chi connectivity index (χ4n) is 2.85. The maximum absolute atomic E-state index is 12.5. The van der Waals surface area contributed by atoms with Gasteiger partial charge in [-0.15, -0.1) is 0 Å². The van der Waals surface area contributed by atoms with Crippen molar-refractivity contribution >= 4 is 15.9 Å². The van der Waals surface area contributed by atoms with Crippen LogP contribution in [0.3, 0.4) is 0 Å². The third kappa shape index (κ3) is 2.83. The largest absolute Gasteiger partial charge is 0.493 e. The average molecular weight is 324 g/mol. The lowest BCUT2D eigenvalue weighted by atomic mass is 10.1. The van der Waals surface area contributed by atoms with Gasteiger partial charge in [-0.3, -0.25) is 4.79 Å². The van der Waals surface area contributed by atoms with Crippen LogP contribution in [0.2, 0.25) is 0 Å². The topological polar surface area (TPSA) is 66.9 Å². The first-order valence-corrected chi connectivity index (χ1v) is 9.15. The first-order chi connectivity index (χ1) is 10.5. The summed E-state index contributed by atoms with van der Waals surface area (Å²) in [6.07, 6.45) is 0.832. The van der Waals surface area contributed by atoms with Gasteiger partial charge in [0.15, 0.2) is 0 Å². The number of hydrogen-bond donors (Lipinski definition) is 0. The predicted molar refractivity (Wildman–Crippen MR) is 82.6 cm³/mol. The molecular formula is C15H20N2O4S. The van der Waals surface area contributed by atoms with Crippen molar-refractivity contribution < 1.29 is 17.9 Å². The fourth-order valence-corrected chi connectivity index (χ4v) is 3.94. The van der Waals surface area contributed by atoms with Gasteiger partial charge < -0.3 is 9.64 Å². The quantitative estimate of drug-likeness (QED) is 0.822. The Hall–Kier alpha value is -1.60. The molecule has 0 spiro atoms. The van der Waals surface area contributed by atoms with Gasteiger partial charge >= 0.3 is 0 Å². The van der Waals surface area contributed by atoms with Crippen molar-refractivity contribution in [1.29, 1.82) is 0 Å². The van der Waals surface area contributed by atoms with Crippen LogP contribution in [-0.4, -0.2) is 62.1 Å². The number of ether oxygens (including phenoxy) is 1. The number of carbonyl (C=O) groups excluding carboxylic acids is 1. The van der Waals surface area contributed by atoms with E-state index in [1.165, 1.54) is 4.31 Å². The van der Waals surface area contributed by atoms with E-state index in [-0.39, 0.29) is 11.7 Å². The van der Waals surface area contributed by atoms with Crippen molar-refractivity contribution in [1.82, 2.24) is 9.21 Å². The second kappa shape index (κ2) is 5.89. The number of hydrogen-bond acceptors (Lipinski definition) is 4. The van der Waals surface area contributed by atoms with Gasteiger partial charge in [0, 0.05) is 38.2 Å². The van der Waals surface area contributed by atoms with Crippen molar-refractivity contribution in [2.75, 3.05) is 38.5 Å². The van der Waals surface area contributed by atoms with Crippen LogP contribution < -0.4 is 4.74 Å². The Balaban J connectivity index is 1.67. The Morgan fingerprint density at radius 2 is 1.95 bits per heavy atom. The van der Waals surface area contributed by atoms with Crippen LogP contribution in [0.25, 0.3) is 0 Å². The van der Waals surface area contributed by atoms with Crippen LogP contribution in [0.1, 0.15) is 22.8 Å². The number of piperazine rings is 1. The smallest absolute Gasteiger partial charge is 0.253 e. The van der Waals surface area contributed by atoms with Gasteiger partial charge in [-0.2, -0.15) is 4.31 Å². The number of carbonyl (C=O) groups is 1. The Kier molecular flexibility index (Phi) is 4.10. The van der Waals surface area contributed by atoms with Gasteiger partial charge in [-0.05, 0) is 30.7 Å². The van der Waals surface area contributed by atoms with E-state index in [4.69, 9.17) is 4.74 Å². The molecule has 1 aromatic rings. The number of benzene rings is 1. The predicted octanol–water partition coefficient (Wildman–Crippen LogP) is 0.729. The lowest BCUT2D eigenvalue weighted by Gasteiger charge is -2.33. The first kappa shape index (κ1) is 15.3. The lowest BCUT2D eigenvalue weighted by molar-refractivity contribution is 0.0698. The van der Waals surface area contributed by atoms with E-state index < -0.39 is 10.0 Å². The van der Waals surface area contributed by atoms with E-state index in [9.17, 15) is 13.2 Å². The van der Waals surface area contributed by atoms with E-state index in [1.54, 1.807) is 17.9 Å². The van der Waals surface area contributed by atoms with Crippen LogP contribution in [-0.2, 0) is 16.4 Å². The molecule has 0 bridgehead atoms. The van der Waals surface area contributed by atoms with E-state index in [1.807, 2.05) is 12.1 Å². The number of nitrogens with zero attached hydrogens (tertiary/aromatic N) is 2. The summed E-state index contributed by atoms with van der Waals surface area (Å²) in [6, 6.07) is 5.51. The van der Waals surface area contributed by atoms with Crippen molar-refractivity contribution in [3.05, 3.63) is 29.3 Å². The van der Waals surface area contributed by atoms with Crippen LogP contribution in [0.5, 0.6) is 5.75 Å². The summed E-state index contributed by atoms with van der Waals surface area (Å²) in [6.45, 7) is 3.92. The minimum atomic E-state index is -3.16. The highest BCUT2D eigenvalue weighted by atomic mass is 32.2. The molecule has 0 radical (unpaired) electrons. The first-order valence-electron chi connectivity index (χ1n) is 7.54. The van der Waals surface area contributed by atoms with Gasteiger partial charge in [-0.25, -0.2) is 8.42 Å². The molecule has 0 N–H and O–H groups in total. The molecule has 0 aliphatic carbocycles.